The van der Waals surface area contributed by atoms with Gasteiger partial charge in [-0.3, -0.25) is 14.4 Å². The number of rotatable bonds is 7. The SMILES string of the molecule is C[C@@H](Cc1c[nH]c2ccccc12)NC(=O)[C@@H]1CCCN(C(=O)CNC(=O)c2ccccc2)C1. The number of carbonyl (C=O) groups is 3. The summed E-state index contributed by atoms with van der Waals surface area (Å²) in [7, 11) is 0. The summed E-state index contributed by atoms with van der Waals surface area (Å²) in [4.78, 5) is 42.7. The Labute approximate surface area is 193 Å². The van der Waals surface area contributed by atoms with Gasteiger partial charge in [0.1, 0.15) is 0 Å². The van der Waals surface area contributed by atoms with Crippen molar-refractivity contribution in [1.82, 2.24) is 20.5 Å². The second-order valence-electron chi connectivity index (χ2n) is 8.70. The highest BCUT2D eigenvalue weighted by Crippen LogP contribution is 2.20. The van der Waals surface area contributed by atoms with Crippen LogP contribution in [0.25, 0.3) is 10.9 Å². The highest BCUT2D eigenvalue weighted by atomic mass is 16.2. The molecule has 0 aliphatic carbocycles. The number of hydrogen-bond acceptors (Lipinski definition) is 3. The van der Waals surface area contributed by atoms with Crippen molar-refractivity contribution >= 4 is 28.6 Å². The Morgan fingerprint density at radius 1 is 1.09 bits per heavy atom. The molecular formula is C26H30N4O3. The van der Waals surface area contributed by atoms with E-state index in [9.17, 15) is 14.4 Å². The minimum atomic E-state index is -0.277. The lowest BCUT2D eigenvalue weighted by molar-refractivity contribution is -0.135. The number of likely N-dealkylation sites (tertiary alicyclic amines) is 1. The molecule has 2 aromatic carbocycles. The highest BCUT2D eigenvalue weighted by molar-refractivity contribution is 5.96. The maximum Gasteiger partial charge on any atom is 0.251 e. The molecule has 3 amide bonds. The van der Waals surface area contributed by atoms with Gasteiger partial charge in [0, 0.05) is 41.8 Å². The van der Waals surface area contributed by atoms with Gasteiger partial charge < -0.3 is 20.5 Å². The van der Waals surface area contributed by atoms with Crippen LogP contribution in [0.3, 0.4) is 0 Å². The number of H-pyrrole nitrogens is 1. The largest absolute Gasteiger partial charge is 0.361 e. The summed E-state index contributed by atoms with van der Waals surface area (Å²) in [5.41, 5.74) is 2.78. The molecule has 1 aliphatic rings. The summed E-state index contributed by atoms with van der Waals surface area (Å²) in [5.74, 6) is -0.698. The Kier molecular flexibility index (Phi) is 7.07. The van der Waals surface area contributed by atoms with Crippen molar-refractivity contribution < 1.29 is 14.4 Å². The summed E-state index contributed by atoms with van der Waals surface area (Å²) in [6.07, 6.45) is 4.26. The van der Waals surface area contributed by atoms with Crippen molar-refractivity contribution in [3.05, 3.63) is 71.9 Å². The lowest BCUT2D eigenvalue weighted by Crippen LogP contribution is -2.49. The summed E-state index contributed by atoms with van der Waals surface area (Å²) < 4.78 is 0. The Morgan fingerprint density at radius 2 is 1.85 bits per heavy atom. The first-order valence-corrected chi connectivity index (χ1v) is 11.5. The first kappa shape index (κ1) is 22.6. The lowest BCUT2D eigenvalue weighted by atomic mass is 9.96. The van der Waals surface area contributed by atoms with Crippen molar-refractivity contribution in [1.29, 1.82) is 0 Å². The van der Waals surface area contributed by atoms with E-state index in [-0.39, 0.29) is 36.2 Å². The summed E-state index contributed by atoms with van der Waals surface area (Å²) >= 11 is 0. The molecule has 2 heterocycles. The Balaban J connectivity index is 1.27. The average molecular weight is 447 g/mol. The van der Waals surface area contributed by atoms with Crippen molar-refractivity contribution in [2.45, 2.75) is 32.2 Å². The van der Waals surface area contributed by atoms with Crippen LogP contribution in [0.4, 0.5) is 0 Å². The molecule has 1 fully saturated rings. The number of para-hydroxylation sites is 1. The molecule has 0 unspecified atom stereocenters. The molecule has 33 heavy (non-hydrogen) atoms. The monoisotopic (exact) mass is 446 g/mol. The molecule has 7 nitrogen and oxygen atoms in total. The van der Waals surface area contributed by atoms with Crippen LogP contribution in [0.15, 0.2) is 60.8 Å². The van der Waals surface area contributed by atoms with Crippen LogP contribution in [-0.4, -0.2) is 53.3 Å². The van der Waals surface area contributed by atoms with E-state index in [1.54, 1.807) is 29.2 Å². The van der Waals surface area contributed by atoms with Gasteiger partial charge in [-0.1, -0.05) is 36.4 Å². The first-order valence-electron chi connectivity index (χ1n) is 11.5. The molecule has 172 valence electrons. The maximum atomic E-state index is 12.9. The minimum Gasteiger partial charge on any atom is -0.361 e. The van der Waals surface area contributed by atoms with Gasteiger partial charge in [0.15, 0.2) is 0 Å². The van der Waals surface area contributed by atoms with Crippen LogP contribution in [0.2, 0.25) is 0 Å². The highest BCUT2D eigenvalue weighted by Gasteiger charge is 2.29. The second kappa shape index (κ2) is 10.3. The topological polar surface area (TPSA) is 94.3 Å². The summed E-state index contributed by atoms with van der Waals surface area (Å²) in [6, 6.07) is 16.9. The third kappa shape index (κ3) is 5.61. The number of hydrogen-bond donors (Lipinski definition) is 3. The van der Waals surface area contributed by atoms with Crippen LogP contribution >= 0.6 is 0 Å². The molecule has 0 spiro atoms. The van der Waals surface area contributed by atoms with Gasteiger partial charge in [-0.2, -0.15) is 0 Å². The fourth-order valence-corrected chi connectivity index (χ4v) is 4.42. The molecule has 3 aromatic rings. The normalized spacial score (nSPS) is 16.9. The lowest BCUT2D eigenvalue weighted by Gasteiger charge is -2.32. The number of fused-ring (bicyclic) bond motifs is 1. The zero-order valence-corrected chi connectivity index (χ0v) is 18.8. The average Bonchev–Trinajstić information content (AvgIpc) is 3.25. The molecule has 7 heteroatoms. The number of benzene rings is 2. The standard InChI is InChI=1S/C26H30N4O3/c1-18(14-21-15-27-23-12-6-5-11-22(21)23)29-26(33)20-10-7-13-30(17-20)24(31)16-28-25(32)19-8-3-2-4-9-19/h2-6,8-9,11-12,15,18,20,27H,7,10,13-14,16-17H2,1H3,(H,28,32)(H,29,33)/t18-,20+/m0/s1. The molecule has 4 rings (SSSR count). The predicted octanol–water partition coefficient (Wildman–Crippen LogP) is 2.88. The molecule has 0 radical (unpaired) electrons. The van der Waals surface area contributed by atoms with Crippen molar-refractivity contribution in [2.24, 2.45) is 5.92 Å². The van der Waals surface area contributed by atoms with Crippen LogP contribution < -0.4 is 10.6 Å². The number of aromatic amines is 1. The van der Waals surface area contributed by atoms with E-state index in [4.69, 9.17) is 0 Å². The Morgan fingerprint density at radius 3 is 2.67 bits per heavy atom. The van der Waals surface area contributed by atoms with E-state index in [0.717, 1.165) is 24.8 Å². The van der Waals surface area contributed by atoms with Gasteiger partial charge in [0.2, 0.25) is 11.8 Å². The van der Waals surface area contributed by atoms with Gasteiger partial charge in [-0.05, 0) is 49.9 Å². The molecule has 1 aromatic heterocycles. The number of nitrogens with one attached hydrogen (secondary N) is 3. The van der Waals surface area contributed by atoms with Gasteiger partial charge in [0.05, 0.1) is 12.5 Å². The number of piperidine rings is 1. The third-order valence-electron chi connectivity index (χ3n) is 6.17. The van der Waals surface area contributed by atoms with Gasteiger partial charge in [-0.25, -0.2) is 0 Å². The summed E-state index contributed by atoms with van der Waals surface area (Å²) in [6.45, 7) is 2.92. The van der Waals surface area contributed by atoms with Crippen LogP contribution in [0.5, 0.6) is 0 Å². The predicted molar refractivity (Wildman–Crippen MR) is 128 cm³/mol. The second-order valence-corrected chi connectivity index (χ2v) is 8.70. The Hall–Kier alpha value is -3.61. The van der Waals surface area contributed by atoms with E-state index < -0.39 is 0 Å². The quantitative estimate of drug-likeness (QED) is 0.521. The van der Waals surface area contributed by atoms with E-state index in [0.29, 0.717) is 18.7 Å². The van der Waals surface area contributed by atoms with E-state index >= 15 is 0 Å². The third-order valence-corrected chi connectivity index (χ3v) is 6.17. The fourth-order valence-electron chi connectivity index (χ4n) is 4.42. The molecule has 0 saturated carbocycles. The van der Waals surface area contributed by atoms with Crippen LogP contribution in [0.1, 0.15) is 35.7 Å². The van der Waals surface area contributed by atoms with Gasteiger partial charge in [0.25, 0.3) is 5.91 Å². The molecule has 3 N–H and O–H groups in total. The molecule has 0 bridgehead atoms. The summed E-state index contributed by atoms with van der Waals surface area (Å²) in [5, 5.41) is 6.97. The first-order chi connectivity index (χ1) is 16.0. The van der Waals surface area contributed by atoms with Crippen molar-refractivity contribution in [2.75, 3.05) is 19.6 Å². The number of nitrogens with zero attached hydrogens (tertiary/aromatic N) is 1. The maximum absolute atomic E-state index is 12.9. The minimum absolute atomic E-state index is 0.0202. The van der Waals surface area contributed by atoms with E-state index in [2.05, 4.69) is 21.7 Å². The number of amides is 3. The Bertz CT molecular complexity index is 1120. The van der Waals surface area contributed by atoms with E-state index in [1.165, 1.54) is 10.9 Å². The smallest absolute Gasteiger partial charge is 0.251 e. The number of aromatic nitrogens is 1. The van der Waals surface area contributed by atoms with Crippen LogP contribution in [-0.2, 0) is 16.0 Å². The molecular weight excluding hydrogens is 416 g/mol. The molecule has 2 atom stereocenters. The van der Waals surface area contributed by atoms with Crippen molar-refractivity contribution in [3.8, 4) is 0 Å². The zero-order chi connectivity index (χ0) is 23.2. The number of carbonyl (C=O) groups excluding carboxylic acids is 3. The van der Waals surface area contributed by atoms with Crippen LogP contribution in [0, 0.1) is 5.92 Å². The molecule has 1 aliphatic heterocycles. The fraction of sp³-hybridized carbons (Fsp3) is 0.346. The zero-order valence-electron chi connectivity index (χ0n) is 18.8. The van der Waals surface area contributed by atoms with Gasteiger partial charge >= 0.3 is 0 Å². The van der Waals surface area contributed by atoms with Crippen molar-refractivity contribution in [3.63, 3.8) is 0 Å². The van der Waals surface area contributed by atoms with Gasteiger partial charge in [-0.15, -0.1) is 0 Å². The molecule has 1 saturated heterocycles. The van der Waals surface area contributed by atoms with E-state index in [1.807, 2.05) is 37.4 Å².